The highest BCUT2D eigenvalue weighted by Crippen LogP contribution is 2.14. The van der Waals surface area contributed by atoms with Crippen LogP contribution in [0.25, 0.3) is 0 Å². The maximum atomic E-state index is 5.27. The minimum Gasteiger partial charge on any atom is -0.467 e. The highest BCUT2D eigenvalue weighted by atomic mass is 16.3. The number of furan rings is 1. The van der Waals surface area contributed by atoms with Gasteiger partial charge in [-0.15, -0.1) is 0 Å². The van der Waals surface area contributed by atoms with E-state index >= 15 is 0 Å². The Bertz CT molecular complexity index is 482. The summed E-state index contributed by atoms with van der Waals surface area (Å²) in [6.45, 7) is 5.59. The van der Waals surface area contributed by atoms with Gasteiger partial charge in [-0.1, -0.05) is 6.92 Å². The molecular weight excluding hydrogens is 228 g/mol. The molecule has 2 aromatic rings. The van der Waals surface area contributed by atoms with Gasteiger partial charge in [-0.2, -0.15) is 4.98 Å². The number of rotatable bonds is 6. The summed E-state index contributed by atoms with van der Waals surface area (Å²) in [6, 6.07) is 3.80. The Morgan fingerprint density at radius 2 is 2.22 bits per heavy atom. The predicted molar refractivity (Wildman–Crippen MR) is 71.6 cm³/mol. The van der Waals surface area contributed by atoms with Crippen molar-refractivity contribution >= 4 is 11.8 Å². The topological polar surface area (TPSA) is 63.0 Å². The van der Waals surface area contributed by atoms with E-state index in [1.807, 2.05) is 25.3 Å². The lowest BCUT2D eigenvalue weighted by Gasteiger charge is -2.09. The molecule has 18 heavy (non-hydrogen) atoms. The van der Waals surface area contributed by atoms with E-state index in [0.717, 1.165) is 30.1 Å². The Hall–Kier alpha value is -2.04. The fraction of sp³-hybridized carbons (Fsp3) is 0.385. The van der Waals surface area contributed by atoms with Gasteiger partial charge in [-0.05, 0) is 25.5 Å². The third-order valence-corrected chi connectivity index (χ3v) is 2.51. The van der Waals surface area contributed by atoms with Gasteiger partial charge >= 0.3 is 0 Å². The molecule has 0 bridgehead atoms. The molecule has 96 valence electrons. The lowest BCUT2D eigenvalue weighted by molar-refractivity contribution is 0.517. The zero-order valence-electron chi connectivity index (χ0n) is 10.7. The predicted octanol–water partition coefficient (Wildman–Crippen LogP) is 2.81. The summed E-state index contributed by atoms with van der Waals surface area (Å²) in [7, 11) is 0. The van der Waals surface area contributed by atoms with Crippen LogP contribution >= 0.6 is 0 Å². The van der Waals surface area contributed by atoms with Crippen molar-refractivity contribution in [2.45, 2.75) is 26.8 Å². The molecule has 0 saturated heterocycles. The SMILES string of the molecule is CCCNc1ncc(C)c(NCc2ccco2)n1. The smallest absolute Gasteiger partial charge is 0.224 e. The van der Waals surface area contributed by atoms with Crippen LogP contribution in [-0.4, -0.2) is 16.5 Å². The number of anilines is 2. The molecule has 0 amide bonds. The summed E-state index contributed by atoms with van der Waals surface area (Å²) < 4.78 is 5.27. The molecule has 5 heteroatoms. The van der Waals surface area contributed by atoms with Crippen LogP contribution in [0.1, 0.15) is 24.7 Å². The lowest BCUT2D eigenvalue weighted by atomic mass is 10.3. The number of hydrogen-bond donors (Lipinski definition) is 2. The second-order valence-corrected chi connectivity index (χ2v) is 4.08. The zero-order valence-corrected chi connectivity index (χ0v) is 10.7. The van der Waals surface area contributed by atoms with E-state index in [1.165, 1.54) is 0 Å². The standard InChI is InChI=1S/C13H18N4O/c1-3-6-14-13-16-8-10(2)12(17-13)15-9-11-5-4-7-18-11/h4-5,7-8H,3,6,9H2,1-2H3,(H2,14,15,16,17). The molecule has 2 rings (SSSR count). The fourth-order valence-corrected chi connectivity index (χ4v) is 1.53. The van der Waals surface area contributed by atoms with Crippen LogP contribution in [0.15, 0.2) is 29.0 Å². The summed E-state index contributed by atoms with van der Waals surface area (Å²) >= 11 is 0. The van der Waals surface area contributed by atoms with Gasteiger partial charge in [0.05, 0.1) is 12.8 Å². The van der Waals surface area contributed by atoms with Crippen molar-refractivity contribution < 1.29 is 4.42 Å². The van der Waals surface area contributed by atoms with Gasteiger partial charge in [0.15, 0.2) is 0 Å². The third-order valence-electron chi connectivity index (χ3n) is 2.51. The van der Waals surface area contributed by atoms with E-state index < -0.39 is 0 Å². The van der Waals surface area contributed by atoms with Gasteiger partial charge in [0.2, 0.25) is 5.95 Å². The second kappa shape index (κ2) is 6.05. The van der Waals surface area contributed by atoms with E-state index in [2.05, 4.69) is 27.5 Å². The van der Waals surface area contributed by atoms with Crippen molar-refractivity contribution in [2.75, 3.05) is 17.2 Å². The van der Waals surface area contributed by atoms with Crippen LogP contribution in [0.4, 0.5) is 11.8 Å². The number of aryl methyl sites for hydroxylation is 1. The second-order valence-electron chi connectivity index (χ2n) is 4.08. The monoisotopic (exact) mass is 246 g/mol. The Labute approximate surface area is 107 Å². The molecule has 5 nitrogen and oxygen atoms in total. The summed E-state index contributed by atoms with van der Waals surface area (Å²) in [5.74, 6) is 2.38. The number of nitrogens with zero attached hydrogens (tertiary/aromatic N) is 2. The van der Waals surface area contributed by atoms with Crippen LogP contribution in [0, 0.1) is 6.92 Å². The van der Waals surface area contributed by atoms with Crippen LogP contribution in [0.3, 0.4) is 0 Å². The van der Waals surface area contributed by atoms with Crippen LogP contribution in [0.2, 0.25) is 0 Å². The molecule has 0 spiro atoms. The van der Waals surface area contributed by atoms with Gasteiger partial charge in [-0.25, -0.2) is 4.98 Å². The van der Waals surface area contributed by atoms with Gasteiger partial charge in [0, 0.05) is 18.3 Å². The van der Waals surface area contributed by atoms with Crippen molar-refractivity contribution in [3.05, 3.63) is 35.9 Å². The maximum Gasteiger partial charge on any atom is 0.224 e. The first kappa shape index (κ1) is 12.4. The molecule has 0 saturated carbocycles. The quantitative estimate of drug-likeness (QED) is 0.820. The van der Waals surface area contributed by atoms with E-state index in [0.29, 0.717) is 12.5 Å². The van der Waals surface area contributed by atoms with Gasteiger partial charge in [0.25, 0.3) is 0 Å². The summed E-state index contributed by atoms with van der Waals surface area (Å²) in [6.07, 6.45) is 4.53. The molecule has 0 aliphatic carbocycles. The minimum atomic E-state index is 0.623. The fourth-order valence-electron chi connectivity index (χ4n) is 1.53. The lowest BCUT2D eigenvalue weighted by Crippen LogP contribution is -2.08. The van der Waals surface area contributed by atoms with Crippen molar-refractivity contribution in [1.82, 2.24) is 9.97 Å². The van der Waals surface area contributed by atoms with Crippen molar-refractivity contribution in [3.8, 4) is 0 Å². The molecular formula is C13H18N4O. The minimum absolute atomic E-state index is 0.623. The summed E-state index contributed by atoms with van der Waals surface area (Å²) in [4.78, 5) is 8.67. The van der Waals surface area contributed by atoms with E-state index in [-0.39, 0.29) is 0 Å². The molecule has 0 atom stereocenters. The maximum absolute atomic E-state index is 5.27. The average molecular weight is 246 g/mol. The molecule has 0 aliphatic rings. The molecule has 0 aliphatic heterocycles. The Morgan fingerprint density at radius 1 is 1.33 bits per heavy atom. The van der Waals surface area contributed by atoms with Crippen LogP contribution in [-0.2, 0) is 6.54 Å². The largest absolute Gasteiger partial charge is 0.467 e. The first-order valence-corrected chi connectivity index (χ1v) is 6.13. The normalized spacial score (nSPS) is 10.3. The first-order valence-electron chi connectivity index (χ1n) is 6.13. The van der Waals surface area contributed by atoms with Crippen molar-refractivity contribution in [1.29, 1.82) is 0 Å². The highest BCUT2D eigenvalue weighted by Gasteiger charge is 2.04. The third kappa shape index (κ3) is 3.23. The zero-order chi connectivity index (χ0) is 12.8. The van der Waals surface area contributed by atoms with E-state index in [9.17, 15) is 0 Å². The van der Waals surface area contributed by atoms with Crippen LogP contribution < -0.4 is 10.6 Å². The Morgan fingerprint density at radius 3 is 2.94 bits per heavy atom. The van der Waals surface area contributed by atoms with Gasteiger partial charge in [-0.3, -0.25) is 0 Å². The van der Waals surface area contributed by atoms with Gasteiger partial charge < -0.3 is 15.1 Å². The van der Waals surface area contributed by atoms with Crippen molar-refractivity contribution in [2.24, 2.45) is 0 Å². The van der Waals surface area contributed by atoms with Gasteiger partial charge in [0.1, 0.15) is 11.6 Å². The summed E-state index contributed by atoms with van der Waals surface area (Å²) in [5.41, 5.74) is 1.02. The van der Waals surface area contributed by atoms with E-state index in [1.54, 1.807) is 6.26 Å². The first-order chi connectivity index (χ1) is 8.79. The molecule has 2 aromatic heterocycles. The Kier molecular flexibility index (Phi) is 4.17. The average Bonchev–Trinajstić information content (AvgIpc) is 2.89. The summed E-state index contributed by atoms with van der Waals surface area (Å²) in [5, 5.41) is 6.42. The number of nitrogens with one attached hydrogen (secondary N) is 2. The van der Waals surface area contributed by atoms with Crippen LogP contribution in [0.5, 0.6) is 0 Å². The highest BCUT2D eigenvalue weighted by molar-refractivity contribution is 5.46. The van der Waals surface area contributed by atoms with Crippen molar-refractivity contribution in [3.63, 3.8) is 0 Å². The molecule has 2 heterocycles. The molecule has 0 radical (unpaired) electrons. The Balaban J connectivity index is 2.01. The number of aromatic nitrogens is 2. The number of hydrogen-bond acceptors (Lipinski definition) is 5. The molecule has 0 aromatic carbocycles. The molecule has 0 unspecified atom stereocenters. The molecule has 0 fully saturated rings. The molecule has 2 N–H and O–H groups in total. The van der Waals surface area contributed by atoms with E-state index in [4.69, 9.17) is 4.42 Å².